The van der Waals surface area contributed by atoms with E-state index in [-0.39, 0.29) is 12.2 Å². The van der Waals surface area contributed by atoms with Crippen LogP contribution in [-0.4, -0.2) is 37.9 Å². The van der Waals surface area contributed by atoms with Crippen LogP contribution < -0.4 is 4.74 Å². The lowest BCUT2D eigenvalue weighted by Crippen LogP contribution is -2.14. The fourth-order valence-electron chi connectivity index (χ4n) is 2.22. The summed E-state index contributed by atoms with van der Waals surface area (Å²) in [5.41, 5.74) is 2.12. The highest BCUT2D eigenvalue weighted by Crippen LogP contribution is 2.29. The summed E-state index contributed by atoms with van der Waals surface area (Å²) in [6.07, 6.45) is 1.73. The lowest BCUT2D eigenvalue weighted by molar-refractivity contribution is 0.0468. The number of aliphatic imine (C=N–C) groups is 1. The van der Waals surface area contributed by atoms with Gasteiger partial charge in [0.1, 0.15) is 18.2 Å². The average molecular weight is 437 g/mol. The first-order chi connectivity index (χ1) is 12.8. The molecule has 0 aromatic heterocycles. The van der Waals surface area contributed by atoms with E-state index in [1.54, 1.807) is 31.5 Å². The van der Waals surface area contributed by atoms with E-state index in [2.05, 4.69) is 20.9 Å². The van der Waals surface area contributed by atoms with Crippen molar-refractivity contribution < 1.29 is 18.7 Å². The van der Waals surface area contributed by atoms with Crippen molar-refractivity contribution >= 4 is 33.9 Å². The number of ether oxygens (including phenoxy) is 2. The molecule has 2 aromatic carbocycles. The van der Waals surface area contributed by atoms with E-state index in [4.69, 9.17) is 9.47 Å². The highest BCUT2D eigenvalue weighted by molar-refractivity contribution is 9.10. The van der Waals surface area contributed by atoms with Crippen LogP contribution in [-0.2, 0) is 11.3 Å². The number of rotatable bonds is 7. The zero-order valence-corrected chi connectivity index (χ0v) is 17.3. The number of hydrogen-bond acceptors (Lipinski definition) is 4. The Labute approximate surface area is 166 Å². The first-order valence-electron chi connectivity index (χ1n) is 8.39. The summed E-state index contributed by atoms with van der Waals surface area (Å²) >= 11 is 3.43. The maximum Gasteiger partial charge on any atom is 0.338 e. The van der Waals surface area contributed by atoms with Gasteiger partial charge in [-0.15, -0.1) is 0 Å². The molecule has 0 aliphatic heterocycles. The normalized spacial score (nSPS) is 10.9. The largest absolute Gasteiger partial charge is 0.497 e. The summed E-state index contributed by atoms with van der Waals surface area (Å²) < 4.78 is 24.9. The molecule has 0 spiro atoms. The lowest BCUT2D eigenvalue weighted by atomic mass is 10.1. The van der Waals surface area contributed by atoms with E-state index >= 15 is 0 Å². The van der Waals surface area contributed by atoms with Gasteiger partial charge in [0.15, 0.2) is 0 Å². The number of nitrogens with zero attached hydrogens (tertiary/aromatic N) is 2. The summed E-state index contributed by atoms with van der Waals surface area (Å²) in [4.78, 5) is 18.7. The zero-order chi connectivity index (χ0) is 20.0. The van der Waals surface area contributed by atoms with E-state index < -0.39 is 11.8 Å². The number of halogens is 2. The molecule has 0 saturated heterocycles. The van der Waals surface area contributed by atoms with Crippen LogP contribution >= 0.6 is 15.9 Å². The lowest BCUT2D eigenvalue weighted by Gasteiger charge is -2.11. The van der Waals surface area contributed by atoms with Crippen molar-refractivity contribution in [3.8, 4) is 5.75 Å². The predicted molar refractivity (Wildman–Crippen MR) is 107 cm³/mol. The molecule has 7 heteroatoms. The van der Waals surface area contributed by atoms with Gasteiger partial charge in [-0.25, -0.2) is 14.2 Å². The minimum absolute atomic E-state index is 0.160. The first kappa shape index (κ1) is 20.9. The topological polar surface area (TPSA) is 51.1 Å². The standard InChI is InChI=1S/C20H22BrFN2O3/c1-5-24(3)12-23-19-8-13(2)16(10-17(19)21)20(25)27-11-14-6-7-15(26-4)9-18(14)22/h6-10,12H,5,11H2,1-4H3. The molecule has 0 bridgehead atoms. The molecule has 2 rings (SSSR count). The fourth-order valence-corrected chi connectivity index (χ4v) is 2.67. The Morgan fingerprint density at radius 1 is 1.33 bits per heavy atom. The molecule has 5 nitrogen and oxygen atoms in total. The third kappa shape index (κ3) is 5.53. The second kappa shape index (κ2) is 9.50. The maximum absolute atomic E-state index is 14.0. The van der Waals surface area contributed by atoms with Gasteiger partial charge in [-0.2, -0.15) is 0 Å². The molecule has 0 fully saturated rings. The second-order valence-corrected chi connectivity index (χ2v) is 6.82. The van der Waals surface area contributed by atoms with Gasteiger partial charge >= 0.3 is 5.97 Å². The molecule has 0 saturated carbocycles. The van der Waals surface area contributed by atoms with Gasteiger partial charge in [-0.3, -0.25) is 0 Å². The summed E-state index contributed by atoms with van der Waals surface area (Å²) in [7, 11) is 3.39. The minimum atomic E-state index is -0.523. The third-order valence-corrected chi connectivity index (χ3v) is 4.66. The number of hydrogen-bond donors (Lipinski definition) is 0. The zero-order valence-electron chi connectivity index (χ0n) is 15.8. The molecule has 0 atom stereocenters. The summed E-state index contributed by atoms with van der Waals surface area (Å²) in [6, 6.07) is 7.88. The average Bonchev–Trinajstić information content (AvgIpc) is 2.66. The number of carbonyl (C=O) groups is 1. The molecule has 0 unspecified atom stereocenters. The Balaban J connectivity index is 2.12. The molecule has 2 aromatic rings. The van der Waals surface area contributed by atoms with Crippen LogP contribution in [0.15, 0.2) is 39.8 Å². The summed E-state index contributed by atoms with van der Waals surface area (Å²) in [5.74, 6) is -0.596. The van der Waals surface area contributed by atoms with E-state index in [1.165, 1.54) is 19.2 Å². The van der Waals surface area contributed by atoms with Gasteiger partial charge in [0.25, 0.3) is 0 Å². The fraction of sp³-hybridized carbons (Fsp3) is 0.300. The van der Waals surface area contributed by atoms with Crippen molar-refractivity contribution in [2.45, 2.75) is 20.5 Å². The second-order valence-electron chi connectivity index (χ2n) is 5.97. The van der Waals surface area contributed by atoms with Crippen LogP contribution in [0.25, 0.3) is 0 Å². The molecule has 0 radical (unpaired) electrons. The van der Waals surface area contributed by atoms with Crippen LogP contribution in [0.2, 0.25) is 0 Å². The van der Waals surface area contributed by atoms with Crippen molar-refractivity contribution in [3.05, 3.63) is 57.3 Å². The van der Waals surface area contributed by atoms with Crippen molar-refractivity contribution in [2.75, 3.05) is 20.7 Å². The van der Waals surface area contributed by atoms with Crippen LogP contribution in [0.3, 0.4) is 0 Å². The number of methoxy groups -OCH3 is 1. The molecule has 0 aliphatic rings. The van der Waals surface area contributed by atoms with Crippen LogP contribution in [0.1, 0.15) is 28.4 Å². The molecule has 0 N–H and O–H groups in total. The highest BCUT2D eigenvalue weighted by Gasteiger charge is 2.15. The number of carbonyl (C=O) groups excluding carboxylic acids is 1. The predicted octanol–water partition coefficient (Wildman–Crippen LogP) is 4.87. The Hall–Kier alpha value is -2.41. The monoisotopic (exact) mass is 436 g/mol. The summed E-state index contributed by atoms with van der Waals surface area (Å²) in [5, 5.41) is 0. The molecule has 144 valence electrons. The number of benzene rings is 2. The van der Waals surface area contributed by atoms with Crippen LogP contribution in [0, 0.1) is 12.7 Å². The molecule has 0 heterocycles. The molecular formula is C20H22BrFN2O3. The Kier molecular flexibility index (Phi) is 7.36. The SMILES string of the molecule is CCN(C)C=Nc1cc(C)c(C(=O)OCc2ccc(OC)cc2F)cc1Br. The summed E-state index contributed by atoms with van der Waals surface area (Å²) in [6.45, 7) is 4.51. The van der Waals surface area contributed by atoms with E-state index in [0.29, 0.717) is 21.5 Å². The van der Waals surface area contributed by atoms with Crippen LogP contribution in [0.5, 0.6) is 5.75 Å². The van der Waals surface area contributed by atoms with Crippen molar-refractivity contribution in [2.24, 2.45) is 4.99 Å². The third-order valence-electron chi connectivity index (χ3n) is 4.03. The quantitative estimate of drug-likeness (QED) is 0.352. The first-order valence-corrected chi connectivity index (χ1v) is 9.19. The van der Waals surface area contributed by atoms with E-state index in [9.17, 15) is 9.18 Å². The molecule has 27 heavy (non-hydrogen) atoms. The number of aryl methyl sites for hydroxylation is 1. The van der Waals surface area contributed by atoms with E-state index in [0.717, 1.165) is 12.1 Å². The molecule has 0 aliphatic carbocycles. The number of esters is 1. The van der Waals surface area contributed by atoms with Gasteiger partial charge in [0.05, 0.1) is 24.7 Å². The van der Waals surface area contributed by atoms with Gasteiger partial charge < -0.3 is 14.4 Å². The van der Waals surface area contributed by atoms with Crippen LogP contribution in [0.4, 0.5) is 10.1 Å². The molecule has 0 amide bonds. The molecular weight excluding hydrogens is 415 g/mol. The highest BCUT2D eigenvalue weighted by atomic mass is 79.9. The van der Waals surface area contributed by atoms with Gasteiger partial charge in [-0.1, -0.05) is 0 Å². The Bertz CT molecular complexity index is 855. The Morgan fingerprint density at radius 3 is 2.70 bits per heavy atom. The van der Waals surface area contributed by atoms with Gasteiger partial charge in [0.2, 0.25) is 0 Å². The van der Waals surface area contributed by atoms with E-state index in [1.807, 2.05) is 18.9 Å². The smallest absolute Gasteiger partial charge is 0.338 e. The van der Waals surface area contributed by atoms with Gasteiger partial charge in [0, 0.05) is 29.7 Å². The van der Waals surface area contributed by atoms with Gasteiger partial charge in [-0.05, 0) is 59.6 Å². The van der Waals surface area contributed by atoms with Crippen molar-refractivity contribution in [3.63, 3.8) is 0 Å². The maximum atomic E-state index is 14.0. The minimum Gasteiger partial charge on any atom is -0.497 e. The Morgan fingerprint density at radius 2 is 2.07 bits per heavy atom. The van der Waals surface area contributed by atoms with Crippen molar-refractivity contribution in [1.29, 1.82) is 0 Å². The van der Waals surface area contributed by atoms with Crippen molar-refractivity contribution in [1.82, 2.24) is 4.90 Å².